The normalized spacial score (nSPS) is 11.3. The number of hydrogen-bond acceptors (Lipinski definition) is 4. The minimum absolute atomic E-state index is 0.278. The second kappa shape index (κ2) is 3.56. The summed E-state index contributed by atoms with van der Waals surface area (Å²) in [5.74, 6) is 0.694. The van der Waals surface area contributed by atoms with Crippen LogP contribution in [0.4, 0.5) is 0 Å². The third-order valence-corrected chi connectivity index (χ3v) is 2.88. The van der Waals surface area contributed by atoms with Crippen molar-refractivity contribution >= 4 is 16.9 Å². The molecule has 0 atom stereocenters. The Kier molecular flexibility index (Phi) is 2.13. The minimum atomic E-state index is -0.283. The van der Waals surface area contributed by atoms with Crippen LogP contribution < -0.4 is 0 Å². The Morgan fingerprint density at radius 3 is 2.78 bits per heavy atom. The number of carbonyl (C=O) groups is 1. The third-order valence-electron chi connectivity index (χ3n) is 2.88. The van der Waals surface area contributed by atoms with E-state index in [9.17, 15) is 4.79 Å². The molecule has 0 spiro atoms. The Hall–Kier alpha value is -2.37. The smallest absolute Gasteiger partial charge is 0.314 e. The molecule has 18 heavy (non-hydrogen) atoms. The van der Waals surface area contributed by atoms with E-state index in [1.165, 1.54) is 4.68 Å². The standard InChI is InChI=1S/C12H12N4O2/c1-7-4-5-10(18-7)12(17)16-11-8(2)14-15(3)9(11)6-13-16/h4-6H,1-3H3. The van der Waals surface area contributed by atoms with E-state index < -0.39 is 0 Å². The zero-order valence-electron chi connectivity index (χ0n) is 10.3. The highest BCUT2D eigenvalue weighted by Crippen LogP contribution is 2.18. The SMILES string of the molecule is Cc1ccc(C(=O)n2ncc3c2c(C)nn3C)o1. The molecule has 0 bridgehead atoms. The number of carbonyl (C=O) groups excluding carboxylic acids is 1. The second-order valence-corrected chi connectivity index (χ2v) is 4.21. The van der Waals surface area contributed by atoms with Gasteiger partial charge in [0.1, 0.15) is 16.8 Å². The van der Waals surface area contributed by atoms with Gasteiger partial charge in [-0.15, -0.1) is 0 Å². The molecule has 6 heteroatoms. The first-order valence-corrected chi connectivity index (χ1v) is 5.56. The molecule has 3 rings (SSSR count). The van der Waals surface area contributed by atoms with Crippen LogP contribution in [0.2, 0.25) is 0 Å². The molecule has 0 unspecified atom stereocenters. The van der Waals surface area contributed by atoms with Gasteiger partial charge in [0.2, 0.25) is 0 Å². The van der Waals surface area contributed by atoms with Gasteiger partial charge in [0.15, 0.2) is 5.76 Å². The fourth-order valence-electron chi connectivity index (χ4n) is 2.05. The van der Waals surface area contributed by atoms with Crippen LogP contribution in [-0.4, -0.2) is 25.5 Å². The number of furan rings is 1. The largest absolute Gasteiger partial charge is 0.456 e. The molecule has 0 saturated carbocycles. The first kappa shape index (κ1) is 10.8. The van der Waals surface area contributed by atoms with Crippen LogP contribution in [0.5, 0.6) is 0 Å². The van der Waals surface area contributed by atoms with Crippen LogP contribution in [0.25, 0.3) is 11.0 Å². The quantitative estimate of drug-likeness (QED) is 0.653. The van der Waals surface area contributed by atoms with Crippen molar-refractivity contribution in [2.45, 2.75) is 13.8 Å². The van der Waals surface area contributed by atoms with E-state index in [1.54, 1.807) is 29.9 Å². The summed E-state index contributed by atoms with van der Waals surface area (Å²) in [7, 11) is 1.82. The van der Waals surface area contributed by atoms with Crippen molar-refractivity contribution in [1.29, 1.82) is 0 Å². The number of aromatic nitrogens is 4. The maximum absolute atomic E-state index is 12.3. The van der Waals surface area contributed by atoms with Crippen LogP contribution in [-0.2, 0) is 7.05 Å². The van der Waals surface area contributed by atoms with Crippen LogP contribution in [0.1, 0.15) is 22.0 Å². The Labute approximate surface area is 103 Å². The zero-order valence-corrected chi connectivity index (χ0v) is 10.3. The zero-order chi connectivity index (χ0) is 12.9. The topological polar surface area (TPSA) is 65.8 Å². The summed E-state index contributed by atoms with van der Waals surface area (Å²) in [6, 6.07) is 3.40. The van der Waals surface area contributed by atoms with Crippen LogP contribution >= 0.6 is 0 Å². The Morgan fingerprint density at radius 1 is 1.33 bits per heavy atom. The van der Waals surface area contributed by atoms with Gasteiger partial charge in [0.05, 0.1) is 11.9 Å². The van der Waals surface area contributed by atoms with Gasteiger partial charge in [-0.3, -0.25) is 9.48 Å². The summed E-state index contributed by atoms with van der Waals surface area (Å²) in [5, 5.41) is 8.37. The van der Waals surface area contributed by atoms with E-state index in [1.807, 2.05) is 14.0 Å². The van der Waals surface area contributed by atoms with Gasteiger partial charge in [-0.25, -0.2) is 0 Å². The summed E-state index contributed by atoms with van der Waals surface area (Å²) >= 11 is 0. The van der Waals surface area contributed by atoms with E-state index >= 15 is 0 Å². The molecule has 3 heterocycles. The number of fused-ring (bicyclic) bond motifs is 1. The highest BCUT2D eigenvalue weighted by atomic mass is 16.3. The van der Waals surface area contributed by atoms with Crippen molar-refractivity contribution in [2.75, 3.05) is 0 Å². The van der Waals surface area contributed by atoms with Gasteiger partial charge in [-0.1, -0.05) is 0 Å². The van der Waals surface area contributed by atoms with E-state index in [4.69, 9.17) is 4.42 Å². The van der Waals surface area contributed by atoms with Crippen LogP contribution in [0.3, 0.4) is 0 Å². The Bertz CT molecular complexity index is 747. The average Bonchev–Trinajstić information content (AvgIpc) is 2.98. The van der Waals surface area contributed by atoms with Crippen molar-refractivity contribution < 1.29 is 9.21 Å². The third kappa shape index (κ3) is 1.38. The molecule has 0 radical (unpaired) electrons. The number of rotatable bonds is 1. The van der Waals surface area contributed by atoms with Gasteiger partial charge >= 0.3 is 5.91 Å². The van der Waals surface area contributed by atoms with E-state index in [-0.39, 0.29) is 11.7 Å². The summed E-state index contributed by atoms with van der Waals surface area (Å²) in [4.78, 5) is 12.3. The van der Waals surface area contributed by atoms with Gasteiger partial charge in [0, 0.05) is 7.05 Å². The van der Waals surface area contributed by atoms with Gasteiger partial charge < -0.3 is 4.42 Å². The van der Waals surface area contributed by atoms with Gasteiger partial charge in [0.25, 0.3) is 0 Å². The minimum Gasteiger partial charge on any atom is -0.456 e. The van der Waals surface area contributed by atoms with E-state index in [0.717, 1.165) is 16.7 Å². The van der Waals surface area contributed by atoms with Crippen molar-refractivity contribution in [3.63, 3.8) is 0 Å². The first-order valence-electron chi connectivity index (χ1n) is 5.56. The van der Waals surface area contributed by atoms with Gasteiger partial charge in [-0.05, 0) is 26.0 Å². The highest BCUT2D eigenvalue weighted by molar-refractivity contribution is 5.99. The molecule has 0 aliphatic rings. The van der Waals surface area contributed by atoms with Crippen molar-refractivity contribution in [3.05, 3.63) is 35.5 Å². The Balaban J connectivity index is 2.17. The van der Waals surface area contributed by atoms with E-state index in [0.29, 0.717) is 5.76 Å². The summed E-state index contributed by atoms with van der Waals surface area (Å²) in [6.07, 6.45) is 1.63. The molecule has 3 aromatic heterocycles. The molecule has 92 valence electrons. The molecule has 6 nitrogen and oxygen atoms in total. The lowest BCUT2D eigenvalue weighted by molar-refractivity contribution is 0.0921. The van der Waals surface area contributed by atoms with Crippen molar-refractivity contribution in [1.82, 2.24) is 19.6 Å². The predicted octanol–water partition coefficient (Wildman–Crippen LogP) is 1.67. The summed E-state index contributed by atoms with van der Waals surface area (Å²) in [5.41, 5.74) is 2.31. The molecule has 0 amide bonds. The van der Waals surface area contributed by atoms with Crippen LogP contribution in [0.15, 0.2) is 22.7 Å². The summed E-state index contributed by atoms with van der Waals surface area (Å²) in [6.45, 7) is 3.64. The molecule has 0 fully saturated rings. The molecule has 0 aromatic carbocycles. The lowest BCUT2D eigenvalue weighted by Gasteiger charge is -1.97. The Morgan fingerprint density at radius 2 is 2.11 bits per heavy atom. The number of nitrogens with zero attached hydrogens (tertiary/aromatic N) is 4. The molecule has 0 aliphatic carbocycles. The fourth-order valence-corrected chi connectivity index (χ4v) is 2.05. The maximum atomic E-state index is 12.3. The molecular formula is C12H12N4O2. The average molecular weight is 244 g/mol. The molecule has 0 saturated heterocycles. The maximum Gasteiger partial charge on any atom is 0.314 e. The molecular weight excluding hydrogens is 232 g/mol. The lowest BCUT2D eigenvalue weighted by Crippen LogP contribution is -2.12. The van der Waals surface area contributed by atoms with Crippen molar-refractivity contribution in [3.8, 4) is 0 Å². The number of aryl methyl sites for hydroxylation is 3. The molecule has 3 aromatic rings. The monoisotopic (exact) mass is 244 g/mol. The van der Waals surface area contributed by atoms with E-state index in [2.05, 4.69) is 10.2 Å². The first-order chi connectivity index (χ1) is 8.58. The fraction of sp³-hybridized carbons (Fsp3) is 0.250. The summed E-state index contributed by atoms with van der Waals surface area (Å²) < 4.78 is 8.36. The molecule has 0 aliphatic heterocycles. The number of hydrogen-bond donors (Lipinski definition) is 0. The van der Waals surface area contributed by atoms with Crippen LogP contribution in [0, 0.1) is 13.8 Å². The van der Waals surface area contributed by atoms with Crippen molar-refractivity contribution in [2.24, 2.45) is 7.05 Å². The predicted molar refractivity (Wildman–Crippen MR) is 64.4 cm³/mol. The highest BCUT2D eigenvalue weighted by Gasteiger charge is 2.19. The molecule has 0 N–H and O–H groups in total. The van der Waals surface area contributed by atoms with Gasteiger partial charge in [-0.2, -0.15) is 14.9 Å². The lowest BCUT2D eigenvalue weighted by atomic mass is 10.3. The second-order valence-electron chi connectivity index (χ2n) is 4.21.